The fraction of sp³-hybridized carbons (Fsp3) is 0.312. The van der Waals surface area contributed by atoms with Crippen LogP contribution in [0.25, 0.3) is 11.6 Å². The average Bonchev–Trinajstić information content (AvgIpc) is 2.43. The number of nitrogens with zero attached hydrogens (tertiary/aromatic N) is 2. The number of rotatable bonds is 5. The minimum Gasteiger partial charge on any atom is -0.452 e. The summed E-state index contributed by atoms with van der Waals surface area (Å²) in [6.45, 7) is 4.84. The van der Waals surface area contributed by atoms with E-state index in [0.29, 0.717) is 0 Å². The first-order valence-electron chi connectivity index (χ1n) is 6.67. The molecule has 0 aliphatic rings. The maximum Gasteiger partial charge on any atom is 0.482 e. The summed E-state index contributed by atoms with van der Waals surface area (Å²) in [6, 6.07) is 9.43. The molecule has 0 radical (unpaired) electrons. The third-order valence-electron chi connectivity index (χ3n) is 2.31. The van der Waals surface area contributed by atoms with Crippen molar-refractivity contribution >= 4 is 23.7 Å². The van der Waals surface area contributed by atoms with Gasteiger partial charge in [-0.25, -0.2) is 9.59 Å². The molecule has 1 rings (SSSR count). The van der Waals surface area contributed by atoms with Gasteiger partial charge in [-0.05, 0) is 32.4 Å². The van der Waals surface area contributed by atoms with Gasteiger partial charge in [-0.3, -0.25) is 0 Å². The van der Waals surface area contributed by atoms with Gasteiger partial charge < -0.3 is 15.0 Å². The Labute approximate surface area is 129 Å². The third kappa shape index (κ3) is 6.15. The lowest BCUT2D eigenvalue weighted by molar-refractivity contribution is -0.155. The van der Waals surface area contributed by atoms with E-state index in [2.05, 4.69) is 4.79 Å². The number of ether oxygens (including phenoxy) is 2. The minimum atomic E-state index is -1.05. The fourth-order valence-corrected chi connectivity index (χ4v) is 1.43. The molecular formula is C16H18N2O4. The molecule has 0 fully saturated rings. The maximum absolute atomic E-state index is 11.7. The normalized spacial score (nSPS) is 10.9. The monoisotopic (exact) mass is 302 g/mol. The number of hydrogen-bond donors (Lipinski definition) is 0. The topological polar surface area (TPSA) is 89.0 Å². The molecule has 0 N–H and O–H groups in total. The molecule has 0 bridgehead atoms. The Balaban J connectivity index is 2.55. The van der Waals surface area contributed by atoms with E-state index < -0.39 is 23.3 Å². The Morgan fingerprint density at radius 3 is 2.36 bits per heavy atom. The Morgan fingerprint density at radius 2 is 1.82 bits per heavy atom. The Kier molecular flexibility index (Phi) is 6.23. The van der Waals surface area contributed by atoms with Crippen molar-refractivity contribution in [1.29, 1.82) is 0 Å². The Hall–Kier alpha value is -2.72. The molecule has 0 heterocycles. The van der Waals surface area contributed by atoms with Gasteiger partial charge in [0.2, 0.25) is 0 Å². The zero-order valence-corrected chi connectivity index (χ0v) is 12.8. The quantitative estimate of drug-likeness (QED) is 0.274. The minimum absolute atomic E-state index is 0.0600. The van der Waals surface area contributed by atoms with Crippen LogP contribution < -0.4 is 0 Å². The molecule has 1 aromatic carbocycles. The predicted molar refractivity (Wildman–Crippen MR) is 80.9 cm³/mol. The van der Waals surface area contributed by atoms with Crippen LogP contribution in [-0.4, -0.2) is 34.6 Å². The average molecular weight is 302 g/mol. The van der Waals surface area contributed by atoms with Crippen molar-refractivity contribution in [3.05, 3.63) is 47.5 Å². The van der Waals surface area contributed by atoms with Crippen molar-refractivity contribution in [2.45, 2.75) is 26.4 Å². The second-order valence-electron chi connectivity index (χ2n) is 5.36. The van der Waals surface area contributed by atoms with E-state index in [1.807, 2.05) is 30.3 Å². The number of esters is 2. The first-order chi connectivity index (χ1) is 10.3. The van der Waals surface area contributed by atoms with Crippen molar-refractivity contribution < 1.29 is 23.9 Å². The van der Waals surface area contributed by atoms with Crippen LogP contribution in [0.3, 0.4) is 0 Å². The molecule has 6 nitrogen and oxygen atoms in total. The van der Waals surface area contributed by atoms with Gasteiger partial charge in [0.25, 0.3) is 0 Å². The van der Waals surface area contributed by atoms with Crippen LogP contribution in [0.4, 0.5) is 0 Å². The van der Waals surface area contributed by atoms with Gasteiger partial charge in [0.1, 0.15) is 12.2 Å². The summed E-state index contributed by atoms with van der Waals surface area (Å²) in [5, 5.41) is 0. The maximum atomic E-state index is 11.7. The van der Waals surface area contributed by atoms with Gasteiger partial charge in [0, 0.05) is 0 Å². The van der Waals surface area contributed by atoms with Crippen LogP contribution in [0.2, 0.25) is 0 Å². The summed E-state index contributed by atoms with van der Waals surface area (Å²) in [6.07, 6.45) is 3.37. The predicted octanol–water partition coefficient (Wildman–Crippen LogP) is 2.26. The first kappa shape index (κ1) is 17.3. The highest BCUT2D eigenvalue weighted by Crippen LogP contribution is 2.07. The standard InChI is InChI=1S/C16H18N2O4/c1-16(2,3)22-15(20)13(18-17)14(19)21-11-7-10-12-8-5-4-6-9-12/h4-10H,11H2,1-3H3. The van der Waals surface area contributed by atoms with Crippen LogP contribution in [0, 0.1) is 0 Å². The summed E-state index contributed by atoms with van der Waals surface area (Å²) < 4.78 is 9.77. The van der Waals surface area contributed by atoms with E-state index >= 15 is 0 Å². The van der Waals surface area contributed by atoms with Gasteiger partial charge in [0.15, 0.2) is 0 Å². The lowest BCUT2D eigenvalue weighted by Gasteiger charge is -2.17. The van der Waals surface area contributed by atoms with Gasteiger partial charge in [-0.1, -0.05) is 36.4 Å². The van der Waals surface area contributed by atoms with Crippen molar-refractivity contribution in [3.8, 4) is 0 Å². The molecular weight excluding hydrogens is 284 g/mol. The molecule has 0 unspecified atom stereocenters. The molecule has 116 valence electrons. The summed E-state index contributed by atoms with van der Waals surface area (Å²) in [5.41, 5.74) is 8.12. The lowest BCUT2D eigenvalue weighted by atomic mass is 10.2. The van der Waals surface area contributed by atoms with Crippen molar-refractivity contribution in [2.75, 3.05) is 6.61 Å². The van der Waals surface area contributed by atoms with Gasteiger partial charge in [-0.2, -0.15) is 4.79 Å². The van der Waals surface area contributed by atoms with Crippen molar-refractivity contribution in [2.24, 2.45) is 0 Å². The SMILES string of the molecule is CC(C)(C)OC(=O)C(=[N+]=[N-])C(=O)OCC=Cc1ccccc1. The number of hydrogen-bond acceptors (Lipinski definition) is 4. The van der Waals surface area contributed by atoms with Gasteiger partial charge >= 0.3 is 17.7 Å². The molecule has 0 saturated heterocycles. The fourth-order valence-electron chi connectivity index (χ4n) is 1.43. The van der Waals surface area contributed by atoms with E-state index in [0.717, 1.165) is 5.56 Å². The smallest absolute Gasteiger partial charge is 0.452 e. The number of carbonyl (C=O) groups excluding carboxylic acids is 2. The molecule has 1 aromatic rings. The van der Waals surface area contributed by atoms with E-state index in [-0.39, 0.29) is 6.61 Å². The highest BCUT2D eigenvalue weighted by Gasteiger charge is 2.35. The summed E-state index contributed by atoms with van der Waals surface area (Å²) in [5.74, 6) is -2.08. The van der Waals surface area contributed by atoms with Crippen LogP contribution in [0.1, 0.15) is 26.3 Å². The van der Waals surface area contributed by atoms with E-state index in [1.54, 1.807) is 32.9 Å². The first-order valence-corrected chi connectivity index (χ1v) is 6.67. The molecule has 0 saturated carbocycles. The Bertz CT molecular complexity index is 609. The molecule has 6 heteroatoms. The number of benzene rings is 1. The molecule has 0 aliphatic carbocycles. The van der Waals surface area contributed by atoms with E-state index in [4.69, 9.17) is 15.0 Å². The second kappa shape index (κ2) is 7.90. The zero-order valence-electron chi connectivity index (χ0n) is 12.8. The van der Waals surface area contributed by atoms with Crippen LogP contribution in [0.15, 0.2) is 36.4 Å². The molecule has 0 amide bonds. The second-order valence-corrected chi connectivity index (χ2v) is 5.36. The molecule has 0 aliphatic heterocycles. The molecule has 22 heavy (non-hydrogen) atoms. The van der Waals surface area contributed by atoms with Gasteiger partial charge in [0.05, 0.1) is 0 Å². The number of carbonyl (C=O) groups is 2. The zero-order chi connectivity index (χ0) is 16.6. The van der Waals surface area contributed by atoms with Crippen molar-refractivity contribution in [1.82, 2.24) is 0 Å². The highest BCUT2D eigenvalue weighted by atomic mass is 16.6. The largest absolute Gasteiger partial charge is 0.482 e. The Morgan fingerprint density at radius 1 is 1.18 bits per heavy atom. The molecule has 0 aromatic heterocycles. The summed E-state index contributed by atoms with van der Waals surface area (Å²) in [7, 11) is 0. The van der Waals surface area contributed by atoms with E-state index in [1.165, 1.54) is 0 Å². The summed E-state index contributed by atoms with van der Waals surface area (Å²) >= 11 is 0. The summed E-state index contributed by atoms with van der Waals surface area (Å²) in [4.78, 5) is 26.0. The third-order valence-corrected chi connectivity index (χ3v) is 2.31. The molecule has 0 spiro atoms. The molecule has 0 atom stereocenters. The van der Waals surface area contributed by atoms with Crippen molar-refractivity contribution in [3.63, 3.8) is 0 Å². The van der Waals surface area contributed by atoms with Crippen LogP contribution in [-0.2, 0) is 19.1 Å². The van der Waals surface area contributed by atoms with E-state index in [9.17, 15) is 9.59 Å². The van der Waals surface area contributed by atoms with Crippen LogP contribution >= 0.6 is 0 Å². The van der Waals surface area contributed by atoms with Gasteiger partial charge in [-0.15, -0.1) is 0 Å². The van der Waals surface area contributed by atoms with Crippen LogP contribution in [0.5, 0.6) is 0 Å². The lowest BCUT2D eigenvalue weighted by Crippen LogP contribution is -2.34. The highest BCUT2D eigenvalue weighted by molar-refractivity contribution is 6.60.